The van der Waals surface area contributed by atoms with Crippen molar-refractivity contribution in [2.24, 2.45) is 0 Å². The van der Waals surface area contributed by atoms with Gasteiger partial charge in [-0.25, -0.2) is 9.78 Å². The van der Waals surface area contributed by atoms with Gasteiger partial charge in [-0.2, -0.15) is 5.01 Å². The number of aromatic nitrogens is 2. The number of carbonyl (C=O) groups is 3. The number of pyridine rings is 1. The molecule has 0 aliphatic carbocycles. The van der Waals surface area contributed by atoms with E-state index in [-0.39, 0.29) is 49.7 Å². The Bertz CT molecular complexity index is 1730. The Labute approximate surface area is 270 Å². The lowest BCUT2D eigenvalue weighted by Gasteiger charge is -2.46. The van der Waals surface area contributed by atoms with Crippen LogP contribution in [0.2, 0.25) is 0 Å². The summed E-state index contributed by atoms with van der Waals surface area (Å²) in [6.07, 6.45) is 1.53. The first kappa shape index (κ1) is 31.0. The molecular weight excluding hydrogens is 608 g/mol. The number of ether oxygens (including phenoxy) is 1. The van der Waals surface area contributed by atoms with Crippen molar-refractivity contribution in [3.63, 3.8) is 0 Å². The molecule has 2 aliphatic rings. The summed E-state index contributed by atoms with van der Waals surface area (Å²) >= 11 is 1.38. The summed E-state index contributed by atoms with van der Waals surface area (Å²) in [7, 11) is 1.60. The average molecular weight is 645 g/mol. The summed E-state index contributed by atoms with van der Waals surface area (Å²) < 4.78 is 6.15. The summed E-state index contributed by atoms with van der Waals surface area (Å²) in [6.45, 7) is 3.02. The fraction of sp³-hybridized carbons (Fsp3) is 0.344. The molecule has 0 unspecified atom stereocenters. The molecule has 2 atom stereocenters. The Morgan fingerprint density at radius 3 is 2.70 bits per heavy atom. The normalized spacial score (nSPS) is 18.2. The van der Waals surface area contributed by atoms with Gasteiger partial charge in [0.1, 0.15) is 23.7 Å². The highest BCUT2D eigenvalue weighted by atomic mass is 32.1. The number of para-hydroxylation sites is 1. The van der Waals surface area contributed by atoms with Crippen molar-refractivity contribution < 1.29 is 24.2 Å². The quantitative estimate of drug-likeness (QED) is 0.236. The first-order valence-corrected chi connectivity index (χ1v) is 15.9. The Morgan fingerprint density at radius 2 is 1.98 bits per heavy atom. The zero-order chi connectivity index (χ0) is 32.4. The van der Waals surface area contributed by atoms with Gasteiger partial charge in [-0.05, 0) is 47.9 Å². The number of urea groups is 1. The second kappa shape index (κ2) is 13.2. The van der Waals surface area contributed by atoms with Crippen LogP contribution in [-0.2, 0) is 29.1 Å². The number of nitrogen functional groups attached to an aromatic ring is 1. The van der Waals surface area contributed by atoms with Crippen molar-refractivity contribution in [2.75, 3.05) is 32.5 Å². The molecule has 4 N–H and O–H groups in total. The highest BCUT2D eigenvalue weighted by molar-refractivity contribution is 7.22. The van der Waals surface area contributed by atoms with E-state index in [1.165, 1.54) is 23.6 Å². The van der Waals surface area contributed by atoms with Gasteiger partial charge in [0.25, 0.3) is 0 Å². The number of nitrogens with zero attached hydrogens (tertiary/aromatic N) is 6. The number of amides is 4. The number of piperazine rings is 1. The van der Waals surface area contributed by atoms with E-state index >= 15 is 0 Å². The van der Waals surface area contributed by atoms with Crippen LogP contribution in [0.3, 0.4) is 0 Å². The Balaban J connectivity index is 1.29. The topological polar surface area (TPSA) is 157 Å². The maximum atomic E-state index is 14.2. The molecule has 46 heavy (non-hydrogen) atoms. The molecular formula is C32H36N8O5S. The number of benzene rings is 2. The molecule has 2 aliphatic heterocycles. The van der Waals surface area contributed by atoms with Gasteiger partial charge >= 0.3 is 6.03 Å². The van der Waals surface area contributed by atoms with Crippen LogP contribution < -0.4 is 15.8 Å². The first-order chi connectivity index (χ1) is 22.2. The van der Waals surface area contributed by atoms with E-state index in [2.05, 4.69) is 15.3 Å². The SMILES string of the molecule is CCCN(C(=O)NCc1ccc(OC)cc1)N1CC(=O)N2[C@@H](Cc3ccc(O)cn3)C(=O)N(Cc3cccc4sc(N)nc34)C[C@@H]21. The number of hydrogen-bond acceptors (Lipinski definition) is 10. The van der Waals surface area contributed by atoms with E-state index < -0.39 is 12.2 Å². The molecule has 4 amide bonds. The molecule has 2 aromatic carbocycles. The minimum absolute atomic E-state index is 0.00754. The number of methoxy groups -OCH3 is 1. The maximum Gasteiger partial charge on any atom is 0.332 e. The Hall–Kier alpha value is -4.95. The predicted octanol–water partition coefficient (Wildman–Crippen LogP) is 2.95. The first-order valence-electron chi connectivity index (χ1n) is 15.1. The van der Waals surface area contributed by atoms with Gasteiger partial charge in [0.15, 0.2) is 5.13 Å². The fourth-order valence-electron chi connectivity index (χ4n) is 6.05. The van der Waals surface area contributed by atoms with Crippen molar-refractivity contribution in [1.82, 2.24) is 35.1 Å². The lowest BCUT2D eigenvalue weighted by atomic mass is 10.0. The third-order valence-electron chi connectivity index (χ3n) is 8.24. The summed E-state index contributed by atoms with van der Waals surface area (Å²) in [6, 6.07) is 15.2. The second-order valence-electron chi connectivity index (χ2n) is 11.3. The molecule has 2 fully saturated rings. The number of nitrogens with one attached hydrogen (secondary N) is 1. The molecule has 240 valence electrons. The van der Waals surface area contributed by atoms with Crippen LogP contribution in [0.15, 0.2) is 60.8 Å². The van der Waals surface area contributed by atoms with Crippen LogP contribution in [0.25, 0.3) is 10.2 Å². The molecule has 0 radical (unpaired) electrons. The highest BCUT2D eigenvalue weighted by Crippen LogP contribution is 2.32. The van der Waals surface area contributed by atoms with Crippen LogP contribution in [0.4, 0.5) is 9.93 Å². The Morgan fingerprint density at radius 1 is 1.17 bits per heavy atom. The fourth-order valence-corrected chi connectivity index (χ4v) is 6.83. The van der Waals surface area contributed by atoms with Crippen molar-refractivity contribution >= 4 is 44.5 Å². The molecule has 4 aromatic rings. The van der Waals surface area contributed by atoms with Crippen molar-refractivity contribution in [2.45, 2.75) is 45.1 Å². The zero-order valence-electron chi connectivity index (χ0n) is 25.6. The maximum absolute atomic E-state index is 14.2. The molecule has 6 rings (SSSR count). The number of anilines is 1. The number of rotatable bonds is 10. The molecule has 0 spiro atoms. The summed E-state index contributed by atoms with van der Waals surface area (Å²) in [5.41, 5.74) is 9.04. The average Bonchev–Trinajstić information content (AvgIpc) is 3.60. The van der Waals surface area contributed by atoms with E-state index in [9.17, 15) is 19.5 Å². The number of fused-ring (bicyclic) bond motifs is 2. The Kier molecular flexibility index (Phi) is 8.90. The standard InChI is InChI=1S/C32H36N8O5S/c1-3-13-38(32(44)35-15-20-7-11-24(45-2)12-8-20)39-19-28(42)40-25(14-22-9-10-23(41)16-34-22)30(43)37(18-27(39)40)17-21-5-4-6-26-29(21)36-31(33)46-26/h4-12,16,25,27,41H,3,13-15,17-19H2,1-2H3,(H2,33,36)(H,35,44)/t25-,27+/m0/s1. The molecule has 13 nitrogen and oxygen atoms in total. The molecule has 2 saturated heterocycles. The van der Waals surface area contributed by atoms with E-state index in [0.717, 1.165) is 27.1 Å². The van der Waals surface area contributed by atoms with Crippen molar-refractivity contribution in [3.8, 4) is 11.5 Å². The van der Waals surface area contributed by atoms with Gasteiger partial charge < -0.3 is 30.7 Å². The number of carbonyl (C=O) groups excluding carboxylic acids is 3. The minimum atomic E-state index is -0.862. The van der Waals surface area contributed by atoms with Gasteiger partial charge in [-0.3, -0.25) is 19.6 Å². The zero-order valence-corrected chi connectivity index (χ0v) is 26.4. The van der Waals surface area contributed by atoms with Crippen molar-refractivity contribution in [3.05, 3.63) is 77.6 Å². The summed E-state index contributed by atoms with van der Waals surface area (Å²) in [4.78, 5) is 53.6. The van der Waals surface area contributed by atoms with Crippen LogP contribution in [-0.4, -0.2) is 91.7 Å². The monoisotopic (exact) mass is 644 g/mol. The molecule has 4 heterocycles. The van der Waals surface area contributed by atoms with Crippen LogP contribution in [0.1, 0.15) is 30.2 Å². The van der Waals surface area contributed by atoms with Crippen LogP contribution in [0, 0.1) is 0 Å². The van der Waals surface area contributed by atoms with Gasteiger partial charge in [-0.15, -0.1) is 0 Å². The van der Waals surface area contributed by atoms with E-state index in [1.807, 2.05) is 49.4 Å². The number of thiazole rings is 1. The van der Waals surface area contributed by atoms with Crippen LogP contribution in [0.5, 0.6) is 11.5 Å². The van der Waals surface area contributed by atoms with Crippen molar-refractivity contribution in [1.29, 1.82) is 0 Å². The number of aromatic hydroxyl groups is 1. The van der Waals surface area contributed by atoms with Gasteiger partial charge in [-0.1, -0.05) is 42.5 Å². The molecule has 0 bridgehead atoms. The molecule has 0 saturated carbocycles. The molecule has 2 aromatic heterocycles. The summed E-state index contributed by atoms with van der Waals surface area (Å²) in [5, 5.41) is 16.6. The number of hydrazine groups is 1. The van der Waals surface area contributed by atoms with Gasteiger partial charge in [0.05, 0.1) is 36.6 Å². The van der Waals surface area contributed by atoms with Gasteiger partial charge in [0.2, 0.25) is 11.8 Å². The van der Waals surface area contributed by atoms with E-state index in [0.29, 0.717) is 30.3 Å². The largest absolute Gasteiger partial charge is 0.506 e. The van der Waals surface area contributed by atoms with E-state index in [1.54, 1.807) is 33.0 Å². The third kappa shape index (κ3) is 6.26. The number of hydrogen-bond donors (Lipinski definition) is 3. The van der Waals surface area contributed by atoms with E-state index in [4.69, 9.17) is 10.5 Å². The smallest absolute Gasteiger partial charge is 0.332 e. The third-order valence-corrected chi connectivity index (χ3v) is 9.09. The lowest BCUT2D eigenvalue weighted by Crippen LogP contribution is -2.66. The summed E-state index contributed by atoms with van der Waals surface area (Å²) in [5.74, 6) is 0.252. The predicted molar refractivity (Wildman–Crippen MR) is 172 cm³/mol. The second-order valence-corrected chi connectivity index (χ2v) is 12.3. The van der Waals surface area contributed by atoms with Crippen LogP contribution >= 0.6 is 11.3 Å². The highest BCUT2D eigenvalue weighted by Gasteiger charge is 2.52. The van der Waals surface area contributed by atoms with Gasteiger partial charge in [0, 0.05) is 31.7 Å². The molecule has 14 heteroatoms. The minimum Gasteiger partial charge on any atom is -0.506 e. The lowest BCUT2D eigenvalue weighted by molar-refractivity contribution is -0.157. The number of nitrogens with two attached hydrogens (primary N) is 1.